The molecule has 0 spiro atoms. The number of aromatic nitrogens is 1. The van der Waals surface area contributed by atoms with Crippen LogP contribution in [-0.4, -0.2) is 28.2 Å². The van der Waals surface area contributed by atoms with Crippen molar-refractivity contribution in [1.29, 1.82) is 0 Å². The first-order valence-electron chi connectivity index (χ1n) is 4.86. The van der Waals surface area contributed by atoms with Crippen LogP contribution in [0, 0.1) is 10.1 Å². The van der Waals surface area contributed by atoms with Gasteiger partial charge in [0.15, 0.2) is 5.03 Å². The number of esters is 1. The van der Waals surface area contributed by atoms with E-state index in [2.05, 4.69) is 9.72 Å². The Balaban J connectivity index is 3.18. The Hall–Kier alpha value is -1.63. The largest absolute Gasteiger partial charge is 0.464 e. The smallest absolute Gasteiger partial charge is 0.356 e. The average molecular weight is 256 g/mol. The molecule has 0 aromatic carbocycles. The minimum absolute atomic E-state index is 0.0706. The van der Waals surface area contributed by atoms with E-state index in [4.69, 9.17) is 0 Å². The molecule has 1 heterocycles. The molecule has 1 aromatic heterocycles. The Morgan fingerprint density at radius 3 is 2.65 bits per heavy atom. The third-order valence-corrected chi connectivity index (χ3v) is 2.77. The lowest BCUT2D eigenvalue weighted by atomic mass is 10.3. The van der Waals surface area contributed by atoms with Gasteiger partial charge in [0, 0.05) is 11.3 Å². The van der Waals surface area contributed by atoms with Crippen LogP contribution >= 0.6 is 11.8 Å². The van der Waals surface area contributed by atoms with Gasteiger partial charge in [0.2, 0.25) is 0 Å². The van der Waals surface area contributed by atoms with Crippen molar-refractivity contribution in [2.24, 2.45) is 0 Å². The van der Waals surface area contributed by atoms with E-state index in [0.29, 0.717) is 0 Å². The minimum atomic E-state index is -0.606. The van der Waals surface area contributed by atoms with Crippen LogP contribution in [0.4, 0.5) is 5.69 Å². The van der Waals surface area contributed by atoms with Gasteiger partial charge in [0.1, 0.15) is 5.69 Å². The monoisotopic (exact) mass is 256 g/mol. The molecule has 6 nitrogen and oxygen atoms in total. The van der Waals surface area contributed by atoms with E-state index in [1.54, 1.807) is 0 Å². The number of carbonyl (C=O) groups is 1. The summed E-state index contributed by atoms with van der Waals surface area (Å²) in [6.07, 6.45) is 0. The predicted molar refractivity (Wildman–Crippen MR) is 63.2 cm³/mol. The highest BCUT2D eigenvalue weighted by Crippen LogP contribution is 2.30. The molecule has 0 saturated heterocycles. The fourth-order valence-electron chi connectivity index (χ4n) is 1.10. The van der Waals surface area contributed by atoms with Crippen molar-refractivity contribution in [3.63, 3.8) is 0 Å². The summed E-state index contributed by atoms with van der Waals surface area (Å²) in [5.74, 6) is -0.606. The van der Waals surface area contributed by atoms with Crippen molar-refractivity contribution in [3.8, 4) is 0 Å². The summed E-state index contributed by atoms with van der Waals surface area (Å²) < 4.78 is 4.52. The molecule has 17 heavy (non-hydrogen) atoms. The SMILES string of the molecule is COC(=O)c1ccc([N+](=O)[O-])c(SC(C)C)n1. The van der Waals surface area contributed by atoms with E-state index < -0.39 is 10.9 Å². The number of methoxy groups -OCH3 is 1. The van der Waals surface area contributed by atoms with E-state index in [9.17, 15) is 14.9 Å². The number of carbonyl (C=O) groups excluding carboxylic acids is 1. The Kier molecular flexibility index (Phi) is 4.45. The maximum atomic E-state index is 11.3. The maximum Gasteiger partial charge on any atom is 0.356 e. The predicted octanol–water partition coefficient (Wildman–Crippen LogP) is 2.28. The Labute approximate surface area is 103 Å². The van der Waals surface area contributed by atoms with Gasteiger partial charge in [-0.1, -0.05) is 25.6 Å². The van der Waals surface area contributed by atoms with Crippen molar-refractivity contribution in [3.05, 3.63) is 27.9 Å². The molecule has 7 heteroatoms. The second-order valence-electron chi connectivity index (χ2n) is 3.44. The highest BCUT2D eigenvalue weighted by molar-refractivity contribution is 7.99. The lowest BCUT2D eigenvalue weighted by Crippen LogP contribution is -2.06. The maximum absolute atomic E-state index is 11.3. The van der Waals surface area contributed by atoms with Gasteiger partial charge in [-0.15, -0.1) is 0 Å². The normalized spacial score (nSPS) is 10.4. The molecule has 0 N–H and O–H groups in total. The molecule has 1 aromatic rings. The van der Waals surface area contributed by atoms with E-state index in [1.165, 1.54) is 31.0 Å². The molecule has 0 saturated carbocycles. The van der Waals surface area contributed by atoms with Crippen LogP contribution < -0.4 is 0 Å². The highest BCUT2D eigenvalue weighted by atomic mass is 32.2. The highest BCUT2D eigenvalue weighted by Gasteiger charge is 2.20. The fourth-order valence-corrected chi connectivity index (χ4v) is 1.96. The molecule has 0 aliphatic heterocycles. The first kappa shape index (κ1) is 13.4. The number of rotatable bonds is 4. The van der Waals surface area contributed by atoms with Crippen LogP contribution in [0.3, 0.4) is 0 Å². The summed E-state index contributed by atoms with van der Waals surface area (Å²) in [7, 11) is 1.24. The lowest BCUT2D eigenvalue weighted by molar-refractivity contribution is -0.388. The van der Waals surface area contributed by atoms with Crippen molar-refractivity contribution in [2.75, 3.05) is 7.11 Å². The topological polar surface area (TPSA) is 82.3 Å². The molecule has 1 rings (SSSR count). The summed E-state index contributed by atoms with van der Waals surface area (Å²) in [5.41, 5.74) is -0.0300. The van der Waals surface area contributed by atoms with Crippen molar-refractivity contribution < 1.29 is 14.5 Å². The van der Waals surface area contributed by atoms with Gasteiger partial charge in [-0.25, -0.2) is 9.78 Å². The quantitative estimate of drug-likeness (QED) is 0.356. The van der Waals surface area contributed by atoms with Gasteiger partial charge in [0.25, 0.3) is 0 Å². The molecule has 0 aliphatic carbocycles. The van der Waals surface area contributed by atoms with Gasteiger partial charge in [-0.3, -0.25) is 10.1 Å². The molecular formula is C10H12N2O4S. The zero-order valence-electron chi connectivity index (χ0n) is 9.67. The second kappa shape index (κ2) is 5.62. The van der Waals surface area contributed by atoms with E-state index in [1.807, 2.05) is 13.8 Å². The Morgan fingerprint density at radius 1 is 1.53 bits per heavy atom. The van der Waals surface area contributed by atoms with Gasteiger partial charge < -0.3 is 4.74 Å². The average Bonchev–Trinajstić information content (AvgIpc) is 2.26. The fraction of sp³-hybridized carbons (Fsp3) is 0.400. The number of hydrogen-bond donors (Lipinski definition) is 0. The van der Waals surface area contributed by atoms with Crippen molar-refractivity contribution in [2.45, 2.75) is 24.1 Å². The zero-order chi connectivity index (χ0) is 13.0. The zero-order valence-corrected chi connectivity index (χ0v) is 10.5. The molecule has 0 radical (unpaired) electrons. The Morgan fingerprint density at radius 2 is 2.18 bits per heavy atom. The summed E-state index contributed by atoms with van der Waals surface area (Å²) in [5, 5.41) is 11.2. The number of nitro groups is 1. The number of hydrogen-bond acceptors (Lipinski definition) is 6. The van der Waals surface area contributed by atoms with Crippen LogP contribution in [0.25, 0.3) is 0 Å². The van der Waals surface area contributed by atoms with Crippen LogP contribution in [0.5, 0.6) is 0 Å². The third-order valence-electron chi connectivity index (χ3n) is 1.78. The van der Waals surface area contributed by atoms with Crippen molar-refractivity contribution >= 4 is 23.4 Å². The number of ether oxygens (including phenoxy) is 1. The molecule has 0 amide bonds. The summed E-state index contributed by atoms with van der Waals surface area (Å²) >= 11 is 1.23. The molecule has 92 valence electrons. The van der Waals surface area contributed by atoms with Crippen LogP contribution in [0.2, 0.25) is 0 Å². The molecule has 0 aliphatic rings. The van der Waals surface area contributed by atoms with Gasteiger partial charge in [-0.2, -0.15) is 0 Å². The van der Waals surface area contributed by atoms with Crippen molar-refractivity contribution in [1.82, 2.24) is 4.98 Å². The van der Waals surface area contributed by atoms with Gasteiger partial charge in [0.05, 0.1) is 12.0 Å². The summed E-state index contributed by atoms with van der Waals surface area (Å²) in [6, 6.07) is 2.55. The van der Waals surface area contributed by atoms with E-state index >= 15 is 0 Å². The van der Waals surface area contributed by atoms with Gasteiger partial charge >= 0.3 is 11.7 Å². The lowest BCUT2D eigenvalue weighted by Gasteiger charge is -2.06. The molecule has 0 bridgehead atoms. The first-order valence-corrected chi connectivity index (χ1v) is 5.74. The van der Waals surface area contributed by atoms with Gasteiger partial charge in [-0.05, 0) is 6.07 Å². The van der Waals surface area contributed by atoms with Crippen LogP contribution in [-0.2, 0) is 4.74 Å². The van der Waals surface area contributed by atoms with E-state index in [0.717, 1.165) is 0 Å². The first-order chi connectivity index (χ1) is 7.95. The van der Waals surface area contributed by atoms with Crippen LogP contribution in [0.15, 0.2) is 17.2 Å². The summed E-state index contributed by atoms with van der Waals surface area (Å²) in [4.78, 5) is 25.5. The third kappa shape index (κ3) is 3.42. The molecule has 0 unspecified atom stereocenters. The summed E-state index contributed by atoms with van der Waals surface area (Å²) in [6.45, 7) is 3.78. The number of nitrogens with zero attached hydrogens (tertiary/aromatic N) is 2. The number of thioether (sulfide) groups is 1. The molecular weight excluding hydrogens is 244 g/mol. The van der Waals surface area contributed by atoms with E-state index in [-0.39, 0.29) is 21.7 Å². The number of pyridine rings is 1. The minimum Gasteiger partial charge on any atom is -0.464 e. The van der Waals surface area contributed by atoms with Crippen LogP contribution in [0.1, 0.15) is 24.3 Å². The Bertz CT molecular complexity index is 448. The molecule has 0 atom stereocenters. The standard InChI is InChI=1S/C10H12N2O4S/c1-6(2)17-9-8(12(14)15)5-4-7(11-9)10(13)16-3/h4-6H,1-3H3. The second-order valence-corrected chi connectivity index (χ2v) is 5.00. The molecule has 0 fully saturated rings.